The van der Waals surface area contributed by atoms with Gasteiger partial charge in [0.2, 0.25) is 5.91 Å². The highest BCUT2D eigenvalue weighted by atomic mass is 16.5. The maximum Gasteiger partial charge on any atom is 0.251 e. The van der Waals surface area contributed by atoms with Gasteiger partial charge in [0.05, 0.1) is 11.8 Å². The Morgan fingerprint density at radius 2 is 2.11 bits per heavy atom. The molecule has 150 valence electrons. The number of piperidine rings is 1. The Bertz CT molecular complexity index is 696. The third-order valence-corrected chi connectivity index (χ3v) is 5.57. The molecule has 2 fully saturated rings. The molecule has 8 nitrogen and oxygen atoms in total. The van der Waals surface area contributed by atoms with Gasteiger partial charge in [-0.25, -0.2) is 0 Å². The number of nitrogens with zero attached hydrogens (tertiary/aromatic N) is 3. The van der Waals surface area contributed by atoms with Crippen molar-refractivity contribution in [1.29, 1.82) is 0 Å². The van der Waals surface area contributed by atoms with E-state index in [9.17, 15) is 14.7 Å². The number of aliphatic hydroxyl groups is 1. The Labute approximate surface area is 159 Å². The number of rotatable bonds is 5. The zero-order chi connectivity index (χ0) is 19.6. The summed E-state index contributed by atoms with van der Waals surface area (Å²) < 4.78 is 7.29. The molecule has 2 aliphatic heterocycles. The number of nitrogens with one attached hydrogen (secondary N) is 1. The summed E-state index contributed by atoms with van der Waals surface area (Å²) in [7, 11) is 1.90. The first-order valence-electron chi connectivity index (χ1n) is 9.72. The Balaban J connectivity index is 1.52. The molecule has 8 heteroatoms. The summed E-state index contributed by atoms with van der Waals surface area (Å²) in [6.45, 7) is 5.29. The molecule has 2 aliphatic rings. The van der Waals surface area contributed by atoms with Gasteiger partial charge >= 0.3 is 0 Å². The smallest absolute Gasteiger partial charge is 0.251 e. The van der Waals surface area contributed by atoms with Gasteiger partial charge in [0.25, 0.3) is 5.91 Å². The van der Waals surface area contributed by atoms with E-state index in [1.165, 1.54) is 0 Å². The molecular formula is C19H30N4O4. The predicted molar refractivity (Wildman–Crippen MR) is 99.1 cm³/mol. The van der Waals surface area contributed by atoms with Crippen molar-refractivity contribution in [2.45, 2.75) is 64.2 Å². The van der Waals surface area contributed by atoms with Gasteiger partial charge in [0, 0.05) is 44.9 Å². The van der Waals surface area contributed by atoms with Gasteiger partial charge < -0.3 is 20.1 Å². The summed E-state index contributed by atoms with van der Waals surface area (Å²) in [5, 5.41) is 17.5. The van der Waals surface area contributed by atoms with Crippen LogP contribution in [0.1, 0.15) is 42.6 Å². The molecule has 0 unspecified atom stereocenters. The predicted octanol–water partition coefficient (Wildman–Crippen LogP) is 0.227. The summed E-state index contributed by atoms with van der Waals surface area (Å²) in [4.78, 5) is 26.6. The first kappa shape index (κ1) is 19.8. The number of likely N-dealkylation sites (tertiary alicyclic amines) is 1. The van der Waals surface area contributed by atoms with Crippen LogP contribution < -0.4 is 5.32 Å². The second kappa shape index (κ2) is 8.39. The van der Waals surface area contributed by atoms with Crippen LogP contribution in [0, 0.1) is 13.8 Å². The van der Waals surface area contributed by atoms with Crippen LogP contribution in [0.3, 0.4) is 0 Å². The van der Waals surface area contributed by atoms with Crippen LogP contribution >= 0.6 is 0 Å². The summed E-state index contributed by atoms with van der Waals surface area (Å²) in [5.41, 5.74) is 3.12. The molecular weight excluding hydrogens is 348 g/mol. The van der Waals surface area contributed by atoms with Crippen LogP contribution in [0.25, 0.3) is 0 Å². The number of carbonyl (C=O) groups is 2. The van der Waals surface area contributed by atoms with E-state index in [4.69, 9.17) is 4.74 Å². The van der Waals surface area contributed by atoms with Gasteiger partial charge in [-0.15, -0.1) is 0 Å². The number of ether oxygens (including phenoxy) is 1. The molecule has 2 amide bonds. The van der Waals surface area contributed by atoms with Crippen LogP contribution in [-0.2, 0) is 27.8 Å². The second-order valence-corrected chi connectivity index (χ2v) is 7.67. The second-order valence-electron chi connectivity index (χ2n) is 7.67. The van der Waals surface area contributed by atoms with E-state index >= 15 is 0 Å². The number of hydrogen-bond acceptors (Lipinski definition) is 5. The van der Waals surface area contributed by atoms with Crippen LogP contribution in [-0.4, -0.2) is 69.5 Å². The third kappa shape index (κ3) is 4.68. The number of hydrogen-bond donors (Lipinski definition) is 2. The average Bonchev–Trinajstić information content (AvgIpc) is 3.22. The first-order valence-corrected chi connectivity index (χ1v) is 9.72. The van der Waals surface area contributed by atoms with Crippen LogP contribution in [0.2, 0.25) is 0 Å². The Hall–Kier alpha value is -1.93. The highest BCUT2D eigenvalue weighted by Crippen LogP contribution is 2.19. The average molecular weight is 378 g/mol. The number of β-amino-alcohol motifs (C(OH)–C–C–N with tert-alkyl or cyclic N) is 1. The van der Waals surface area contributed by atoms with E-state index < -0.39 is 12.2 Å². The molecule has 0 aliphatic carbocycles. The fraction of sp³-hybridized carbons (Fsp3) is 0.737. The maximum absolute atomic E-state index is 12.5. The summed E-state index contributed by atoms with van der Waals surface area (Å²) in [6.07, 6.45) is 2.05. The van der Waals surface area contributed by atoms with Gasteiger partial charge in [-0.05, 0) is 45.1 Å². The van der Waals surface area contributed by atoms with E-state index in [0.717, 1.165) is 29.8 Å². The lowest BCUT2D eigenvalue weighted by Gasteiger charge is -2.37. The standard InChI is InChI=1S/C19H30N4O4/c1-12-16(13(2)22(3)21-12)6-7-18(25)20-14-9-15(24)11-23(10-14)19(26)17-5-4-8-27-17/h14-15,17,24H,4-11H2,1-3H3,(H,20,25)/t14-,15+,17+/m0/s1. The van der Waals surface area contributed by atoms with Crippen molar-refractivity contribution < 1.29 is 19.4 Å². The monoisotopic (exact) mass is 378 g/mol. The minimum absolute atomic E-state index is 0.0683. The molecule has 1 aromatic heterocycles. The van der Waals surface area contributed by atoms with Crippen molar-refractivity contribution in [2.75, 3.05) is 19.7 Å². The van der Waals surface area contributed by atoms with Crippen LogP contribution in [0.15, 0.2) is 0 Å². The minimum Gasteiger partial charge on any atom is -0.391 e. The van der Waals surface area contributed by atoms with Crippen molar-refractivity contribution in [1.82, 2.24) is 20.0 Å². The first-order chi connectivity index (χ1) is 12.8. The fourth-order valence-corrected chi connectivity index (χ4v) is 4.05. The lowest BCUT2D eigenvalue weighted by molar-refractivity contribution is -0.145. The lowest BCUT2D eigenvalue weighted by Crippen LogP contribution is -2.56. The number of carbonyl (C=O) groups excluding carboxylic acids is 2. The van der Waals surface area contributed by atoms with Crippen molar-refractivity contribution in [3.63, 3.8) is 0 Å². The molecule has 3 heterocycles. The molecule has 1 aromatic rings. The zero-order valence-electron chi connectivity index (χ0n) is 16.4. The molecule has 0 radical (unpaired) electrons. The van der Waals surface area contributed by atoms with Gasteiger partial charge in [0.1, 0.15) is 6.10 Å². The fourth-order valence-electron chi connectivity index (χ4n) is 4.05. The third-order valence-electron chi connectivity index (χ3n) is 5.57. The molecule has 3 rings (SSSR count). The highest BCUT2D eigenvalue weighted by Gasteiger charge is 2.34. The SMILES string of the molecule is Cc1nn(C)c(C)c1CCC(=O)N[C@H]1C[C@@H](O)CN(C(=O)[C@H]2CCCO2)C1. The van der Waals surface area contributed by atoms with Crippen molar-refractivity contribution >= 4 is 11.8 Å². The number of aromatic nitrogens is 2. The molecule has 3 atom stereocenters. The van der Waals surface area contributed by atoms with E-state index in [1.54, 1.807) is 4.90 Å². The van der Waals surface area contributed by atoms with Gasteiger partial charge in [-0.1, -0.05) is 0 Å². The molecule has 27 heavy (non-hydrogen) atoms. The maximum atomic E-state index is 12.5. The van der Waals surface area contributed by atoms with E-state index in [1.807, 2.05) is 25.6 Å². The molecule has 2 saturated heterocycles. The summed E-state index contributed by atoms with van der Waals surface area (Å²) in [6, 6.07) is -0.234. The van der Waals surface area contributed by atoms with Gasteiger partial charge in [0.15, 0.2) is 0 Å². The molecule has 0 aromatic carbocycles. The van der Waals surface area contributed by atoms with Gasteiger partial charge in [-0.3, -0.25) is 14.3 Å². The number of aliphatic hydroxyl groups excluding tert-OH is 1. The van der Waals surface area contributed by atoms with E-state index in [2.05, 4.69) is 10.4 Å². The number of aryl methyl sites for hydroxylation is 2. The molecule has 0 saturated carbocycles. The molecule has 0 spiro atoms. The highest BCUT2D eigenvalue weighted by molar-refractivity contribution is 5.81. The zero-order valence-corrected chi connectivity index (χ0v) is 16.4. The van der Waals surface area contributed by atoms with E-state index in [-0.39, 0.29) is 17.9 Å². The molecule has 2 N–H and O–H groups in total. The number of amides is 2. The van der Waals surface area contributed by atoms with Crippen molar-refractivity contribution in [3.05, 3.63) is 17.0 Å². The topological polar surface area (TPSA) is 96.7 Å². The Morgan fingerprint density at radius 1 is 1.33 bits per heavy atom. The Kier molecular flexibility index (Phi) is 6.16. The minimum atomic E-state index is -0.628. The van der Waals surface area contributed by atoms with Gasteiger partial charge in [-0.2, -0.15) is 5.10 Å². The Morgan fingerprint density at radius 3 is 2.74 bits per heavy atom. The molecule has 0 bridgehead atoms. The normalized spacial score (nSPS) is 25.6. The summed E-state index contributed by atoms with van der Waals surface area (Å²) >= 11 is 0. The largest absolute Gasteiger partial charge is 0.391 e. The van der Waals surface area contributed by atoms with E-state index in [0.29, 0.717) is 39.0 Å². The quantitative estimate of drug-likeness (QED) is 0.764. The van der Waals surface area contributed by atoms with Crippen LogP contribution in [0.5, 0.6) is 0 Å². The van der Waals surface area contributed by atoms with Crippen molar-refractivity contribution in [3.8, 4) is 0 Å². The van der Waals surface area contributed by atoms with Crippen molar-refractivity contribution in [2.24, 2.45) is 7.05 Å². The summed E-state index contributed by atoms with van der Waals surface area (Å²) in [5.74, 6) is -0.145. The van der Waals surface area contributed by atoms with Crippen LogP contribution in [0.4, 0.5) is 0 Å². The lowest BCUT2D eigenvalue weighted by atomic mass is 10.0.